The van der Waals surface area contributed by atoms with E-state index in [2.05, 4.69) is 28.5 Å². The first-order valence-corrected chi connectivity index (χ1v) is 10.6. The van der Waals surface area contributed by atoms with Crippen LogP contribution in [0.15, 0.2) is 36.5 Å². The molecule has 156 valence electrons. The molecule has 0 bridgehead atoms. The van der Waals surface area contributed by atoms with Crippen molar-refractivity contribution in [2.45, 2.75) is 51.7 Å². The van der Waals surface area contributed by atoms with Crippen molar-refractivity contribution in [1.82, 2.24) is 14.3 Å². The lowest BCUT2D eigenvalue weighted by atomic mass is 9.97. The third-order valence-electron chi connectivity index (χ3n) is 6.33. The minimum atomic E-state index is -0.140. The molecule has 2 aliphatic heterocycles. The van der Waals surface area contributed by atoms with Crippen molar-refractivity contribution < 1.29 is 9.53 Å². The van der Waals surface area contributed by atoms with Crippen LogP contribution in [0.1, 0.15) is 38.8 Å². The van der Waals surface area contributed by atoms with Crippen molar-refractivity contribution in [2.24, 2.45) is 0 Å². The maximum absolute atomic E-state index is 11.8. The summed E-state index contributed by atoms with van der Waals surface area (Å²) >= 11 is 0. The van der Waals surface area contributed by atoms with Crippen LogP contribution >= 0.6 is 0 Å². The van der Waals surface area contributed by atoms with Gasteiger partial charge in [0.2, 0.25) is 0 Å². The Kier molecular flexibility index (Phi) is 4.62. The monoisotopic (exact) mass is 405 g/mol. The van der Waals surface area contributed by atoms with E-state index in [4.69, 9.17) is 15.5 Å². The predicted octanol–water partition coefficient (Wildman–Crippen LogP) is 3.68. The molecule has 2 aliphatic rings. The number of carbonyl (C=O) groups is 1. The molecule has 1 fully saturated rings. The number of amides is 1. The topological polar surface area (TPSA) is 84.9 Å². The minimum Gasteiger partial charge on any atom is -0.482 e. The highest BCUT2D eigenvalue weighted by Gasteiger charge is 2.28. The molecule has 0 aliphatic carbocycles. The van der Waals surface area contributed by atoms with Gasteiger partial charge in [-0.3, -0.25) is 9.69 Å². The maximum atomic E-state index is 11.8. The molecule has 0 radical (unpaired) electrons. The zero-order valence-corrected chi connectivity index (χ0v) is 17.4. The van der Waals surface area contributed by atoms with Crippen LogP contribution in [0, 0.1) is 0 Å². The number of hydrogen-bond donors (Lipinski definition) is 2. The number of aromatic nitrogens is 2. The summed E-state index contributed by atoms with van der Waals surface area (Å²) in [6.45, 7) is 5.45. The highest BCUT2D eigenvalue weighted by Crippen LogP contribution is 2.35. The third-order valence-corrected chi connectivity index (χ3v) is 6.33. The highest BCUT2D eigenvalue weighted by atomic mass is 16.5. The fourth-order valence-electron chi connectivity index (χ4n) is 4.68. The Hall–Kier alpha value is -3.06. The number of rotatable bonds is 3. The number of nitrogens with two attached hydrogens (primary N) is 1. The number of anilines is 2. The van der Waals surface area contributed by atoms with Gasteiger partial charge in [-0.1, -0.05) is 6.42 Å². The average Bonchev–Trinajstić information content (AvgIpc) is 3.08. The Bertz CT molecular complexity index is 1110. The standard InChI is InChI=1S/C23H27N5O2/c1-14-4-3-5-15(2)27(14)12-19-23(26-21-9-7-17(24)11-28(19)21)16-6-8-20-18(10-16)25-22(29)13-30-20/h6-11,14-15H,3-5,12-13,24H2,1-2H3,(H,25,29). The summed E-state index contributed by atoms with van der Waals surface area (Å²) < 4.78 is 7.62. The van der Waals surface area contributed by atoms with Crippen LogP contribution in [0.25, 0.3) is 16.9 Å². The summed E-state index contributed by atoms with van der Waals surface area (Å²) in [5, 5.41) is 2.90. The largest absolute Gasteiger partial charge is 0.482 e. The van der Waals surface area contributed by atoms with Crippen LogP contribution in [-0.2, 0) is 11.3 Å². The molecule has 2 atom stereocenters. The molecule has 1 saturated heterocycles. The van der Waals surface area contributed by atoms with E-state index in [9.17, 15) is 4.79 Å². The van der Waals surface area contributed by atoms with Crippen molar-refractivity contribution in [3.8, 4) is 17.0 Å². The van der Waals surface area contributed by atoms with E-state index in [-0.39, 0.29) is 12.5 Å². The van der Waals surface area contributed by atoms with E-state index in [1.807, 2.05) is 36.5 Å². The van der Waals surface area contributed by atoms with Crippen LogP contribution in [0.2, 0.25) is 0 Å². The van der Waals surface area contributed by atoms with Crippen molar-refractivity contribution in [1.29, 1.82) is 0 Å². The van der Waals surface area contributed by atoms with Crippen LogP contribution in [-0.4, -0.2) is 38.9 Å². The van der Waals surface area contributed by atoms with Gasteiger partial charge in [-0.2, -0.15) is 0 Å². The molecule has 1 amide bonds. The molecule has 3 aromatic rings. The third kappa shape index (κ3) is 3.29. The Morgan fingerprint density at radius 1 is 1.20 bits per heavy atom. The number of ether oxygens (including phenoxy) is 1. The number of likely N-dealkylation sites (tertiary alicyclic amines) is 1. The molecule has 3 N–H and O–H groups in total. The fraction of sp³-hybridized carbons (Fsp3) is 0.391. The minimum absolute atomic E-state index is 0.0516. The first kappa shape index (κ1) is 18.9. The molecule has 0 spiro atoms. The second kappa shape index (κ2) is 7.32. The summed E-state index contributed by atoms with van der Waals surface area (Å²) in [5.74, 6) is 0.546. The summed E-state index contributed by atoms with van der Waals surface area (Å²) in [7, 11) is 0. The van der Waals surface area contributed by atoms with Gasteiger partial charge in [-0.05, 0) is 57.0 Å². The van der Waals surface area contributed by atoms with E-state index in [0.29, 0.717) is 29.2 Å². The van der Waals surface area contributed by atoms with E-state index in [1.165, 1.54) is 19.3 Å². The molecule has 0 saturated carbocycles. The number of hydrogen-bond acceptors (Lipinski definition) is 5. The molecule has 2 unspecified atom stereocenters. The lowest BCUT2D eigenvalue weighted by Gasteiger charge is -2.39. The molecule has 5 rings (SSSR count). The molecule has 7 nitrogen and oxygen atoms in total. The maximum Gasteiger partial charge on any atom is 0.262 e. The smallest absolute Gasteiger partial charge is 0.262 e. The van der Waals surface area contributed by atoms with E-state index >= 15 is 0 Å². The zero-order valence-electron chi connectivity index (χ0n) is 17.4. The van der Waals surface area contributed by atoms with Gasteiger partial charge in [0.15, 0.2) is 6.61 Å². The SMILES string of the molecule is CC1CCCC(C)N1Cc1c(-c2ccc3c(c2)NC(=O)CO3)nc2ccc(N)cn12. The highest BCUT2D eigenvalue weighted by molar-refractivity contribution is 5.96. The number of nitrogens with zero attached hydrogens (tertiary/aromatic N) is 3. The van der Waals surface area contributed by atoms with Crippen molar-refractivity contribution in [2.75, 3.05) is 17.7 Å². The van der Waals surface area contributed by atoms with Crippen molar-refractivity contribution >= 4 is 22.9 Å². The van der Waals surface area contributed by atoms with E-state index in [0.717, 1.165) is 29.1 Å². The molecular weight excluding hydrogens is 378 g/mol. The summed E-state index contributed by atoms with van der Waals surface area (Å²) in [6, 6.07) is 10.7. The van der Waals surface area contributed by atoms with Crippen LogP contribution in [0.5, 0.6) is 5.75 Å². The number of nitrogens with one attached hydrogen (secondary N) is 1. The van der Waals surface area contributed by atoms with Gasteiger partial charge in [0, 0.05) is 36.1 Å². The van der Waals surface area contributed by atoms with Gasteiger partial charge < -0.3 is 20.2 Å². The lowest BCUT2D eigenvalue weighted by Crippen LogP contribution is -2.43. The molecular formula is C23H27N5O2. The van der Waals surface area contributed by atoms with E-state index in [1.54, 1.807) is 0 Å². The second-order valence-corrected chi connectivity index (χ2v) is 8.45. The number of benzene rings is 1. The Morgan fingerprint density at radius 3 is 2.80 bits per heavy atom. The number of piperidine rings is 1. The summed E-state index contributed by atoms with van der Waals surface area (Å²) in [6.07, 6.45) is 5.64. The van der Waals surface area contributed by atoms with Crippen LogP contribution < -0.4 is 15.8 Å². The van der Waals surface area contributed by atoms with Crippen molar-refractivity contribution in [3.05, 3.63) is 42.2 Å². The first-order chi connectivity index (χ1) is 14.5. The Balaban J connectivity index is 1.62. The number of imidazole rings is 1. The van der Waals surface area contributed by atoms with E-state index < -0.39 is 0 Å². The predicted molar refractivity (Wildman–Crippen MR) is 117 cm³/mol. The summed E-state index contributed by atoms with van der Waals surface area (Å²) in [5.41, 5.74) is 11.3. The molecule has 4 heterocycles. The normalized spacial score (nSPS) is 21.9. The lowest BCUT2D eigenvalue weighted by molar-refractivity contribution is -0.118. The molecule has 1 aromatic carbocycles. The van der Waals surface area contributed by atoms with Crippen molar-refractivity contribution in [3.63, 3.8) is 0 Å². The zero-order chi connectivity index (χ0) is 20.8. The fourth-order valence-corrected chi connectivity index (χ4v) is 4.68. The number of carbonyl (C=O) groups excluding carboxylic acids is 1. The van der Waals surface area contributed by atoms with Gasteiger partial charge >= 0.3 is 0 Å². The second-order valence-electron chi connectivity index (χ2n) is 8.45. The van der Waals surface area contributed by atoms with Gasteiger partial charge in [0.25, 0.3) is 5.91 Å². The number of fused-ring (bicyclic) bond motifs is 2. The van der Waals surface area contributed by atoms with Crippen LogP contribution in [0.4, 0.5) is 11.4 Å². The Morgan fingerprint density at radius 2 is 2.00 bits per heavy atom. The van der Waals surface area contributed by atoms with Gasteiger partial charge in [0.05, 0.1) is 17.1 Å². The quantitative estimate of drug-likeness (QED) is 0.694. The van der Waals surface area contributed by atoms with Gasteiger partial charge in [0.1, 0.15) is 11.4 Å². The number of pyridine rings is 1. The molecule has 7 heteroatoms. The molecule has 30 heavy (non-hydrogen) atoms. The van der Waals surface area contributed by atoms with Crippen LogP contribution in [0.3, 0.4) is 0 Å². The average molecular weight is 406 g/mol. The first-order valence-electron chi connectivity index (χ1n) is 10.6. The Labute approximate surface area is 175 Å². The number of nitrogen functional groups attached to an aromatic ring is 1. The van der Waals surface area contributed by atoms with Gasteiger partial charge in [-0.15, -0.1) is 0 Å². The summed E-state index contributed by atoms with van der Waals surface area (Å²) in [4.78, 5) is 19.3. The molecule has 2 aromatic heterocycles. The van der Waals surface area contributed by atoms with Gasteiger partial charge in [-0.25, -0.2) is 4.98 Å².